The third-order valence-corrected chi connectivity index (χ3v) is 4.78. The minimum absolute atomic E-state index is 0.406. The first-order valence-corrected chi connectivity index (χ1v) is 8.19. The van der Waals surface area contributed by atoms with Crippen molar-refractivity contribution >= 4 is 0 Å². The standard InChI is InChI=1S/C15H32N4O2/c1-13-11-20-9-7-18(13)6-5-15(17(4)16-3)19-8-10-21-12-14(19)2/h13-16H,5-12H2,1-4H3/t13-,14-,15?/m0/s1. The highest BCUT2D eigenvalue weighted by molar-refractivity contribution is 4.80. The zero-order valence-corrected chi connectivity index (χ0v) is 14.0. The van der Waals surface area contributed by atoms with Crippen LogP contribution in [0.5, 0.6) is 0 Å². The quantitative estimate of drug-likeness (QED) is 0.707. The summed E-state index contributed by atoms with van der Waals surface area (Å²) in [5.74, 6) is 0. The third kappa shape index (κ3) is 4.61. The van der Waals surface area contributed by atoms with Crippen LogP contribution in [0.4, 0.5) is 0 Å². The normalized spacial score (nSPS) is 30.7. The Balaban J connectivity index is 1.92. The molecule has 0 radical (unpaired) electrons. The molecule has 2 rings (SSSR count). The van der Waals surface area contributed by atoms with Crippen molar-refractivity contribution in [2.24, 2.45) is 0 Å². The van der Waals surface area contributed by atoms with Crippen LogP contribution in [0.1, 0.15) is 20.3 Å². The molecule has 0 aromatic carbocycles. The first kappa shape index (κ1) is 17.1. The molecular formula is C15H32N4O2. The Kier molecular flexibility index (Phi) is 6.85. The Hall–Kier alpha value is -0.240. The first-order valence-electron chi connectivity index (χ1n) is 8.19. The van der Waals surface area contributed by atoms with Crippen molar-refractivity contribution < 1.29 is 9.47 Å². The Morgan fingerprint density at radius 1 is 1.14 bits per heavy atom. The highest BCUT2D eigenvalue weighted by Crippen LogP contribution is 2.17. The number of nitrogens with one attached hydrogen (secondary N) is 1. The summed E-state index contributed by atoms with van der Waals surface area (Å²) in [4.78, 5) is 5.11. The van der Waals surface area contributed by atoms with Gasteiger partial charge in [-0.05, 0) is 27.3 Å². The largest absolute Gasteiger partial charge is 0.379 e. The molecule has 6 nitrogen and oxygen atoms in total. The van der Waals surface area contributed by atoms with Gasteiger partial charge in [-0.15, -0.1) is 0 Å². The van der Waals surface area contributed by atoms with Crippen molar-refractivity contribution in [1.82, 2.24) is 20.2 Å². The van der Waals surface area contributed by atoms with Crippen molar-refractivity contribution in [1.29, 1.82) is 0 Å². The van der Waals surface area contributed by atoms with Crippen molar-refractivity contribution in [3.63, 3.8) is 0 Å². The summed E-state index contributed by atoms with van der Waals surface area (Å²) in [6, 6.07) is 1.00. The lowest BCUT2D eigenvalue weighted by atomic mass is 10.1. The van der Waals surface area contributed by atoms with E-state index in [0.29, 0.717) is 18.2 Å². The molecule has 0 aromatic heterocycles. The summed E-state index contributed by atoms with van der Waals surface area (Å²) in [5, 5.41) is 2.23. The fourth-order valence-electron chi connectivity index (χ4n) is 3.29. The molecule has 6 heteroatoms. The summed E-state index contributed by atoms with van der Waals surface area (Å²) in [5.41, 5.74) is 3.29. The molecule has 0 bridgehead atoms. The van der Waals surface area contributed by atoms with Crippen molar-refractivity contribution in [3.05, 3.63) is 0 Å². The minimum Gasteiger partial charge on any atom is -0.379 e. The lowest BCUT2D eigenvalue weighted by Gasteiger charge is -2.44. The van der Waals surface area contributed by atoms with Gasteiger partial charge >= 0.3 is 0 Å². The minimum atomic E-state index is 0.406. The van der Waals surface area contributed by atoms with Crippen LogP contribution >= 0.6 is 0 Å². The zero-order chi connectivity index (χ0) is 15.2. The molecule has 124 valence electrons. The van der Waals surface area contributed by atoms with Crippen LogP contribution in [0.25, 0.3) is 0 Å². The van der Waals surface area contributed by atoms with Crippen LogP contribution < -0.4 is 5.43 Å². The van der Waals surface area contributed by atoms with Gasteiger partial charge in [0.15, 0.2) is 0 Å². The second-order valence-electron chi connectivity index (χ2n) is 6.23. The molecule has 2 heterocycles. The van der Waals surface area contributed by atoms with Crippen LogP contribution in [-0.4, -0.2) is 93.2 Å². The van der Waals surface area contributed by atoms with Gasteiger partial charge in [0.1, 0.15) is 0 Å². The van der Waals surface area contributed by atoms with Crippen LogP contribution in [0.2, 0.25) is 0 Å². The average molecular weight is 300 g/mol. The highest BCUT2D eigenvalue weighted by Gasteiger charge is 2.30. The summed E-state index contributed by atoms with van der Waals surface area (Å²) in [6.45, 7) is 11.1. The number of hydrazine groups is 1. The summed E-state index contributed by atoms with van der Waals surface area (Å²) in [7, 11) is 4.13. The molecule has 21 heavy (non-hydrogen) atoms. The first-order chi connectivity index (χ1) is 10.1. The van der Waals surface area contributed by atoms with E-state index in [4.69, 9.17) is 9.47 Å². The van der Waals surface area contributed by atoms with E-state index in [1.165, 1.54) is 0 Å². The second kappa shape index (κ2) is 8.41. The maximum atomic E-state index is 5.58. The maximum absolute atomic E-state index is 5.58. The van der Waals surface area contributed by atoms with E-state index in [1.54, 1.807) is 0 Å². The van der Waals surface area contributed by atoms with Crippen LogP contribution in [0, 0.1) is 0 Å². The topological polar surface area (TPSA) is 40.2 Å². The van der Waals surface area contributed by atoms with Gasteiger partial charge < -0.3 is 9.47 Å². The fourth-order valence-corrected chi connectivity index (χ4v) is 3.29. The van der Waals surface area contributed by atoms with Gasteiger partial charge in [0.2, 0.25) is 0 Å². The number of hydrogen-bond donors (Lipinski definition) is 1. The van der Waals surface area contributed by atoms with Crippen molar-refractivity contribution in [3.8, 4) is 0 Å². The molecule has 2 fully saturated rings. The van der Waals surface area contributed by atoms with Gasteiger partial charge in [-0.25, -0.2) is 5.01 Å². The van der Waals surface area contributed by atoms with E-state index in [9.17, 15) is 0 Å². The summed E-state index contributed by atoms with van der Waals surface area (Å²) in [6.07, 6.45) is 1.54. The molecule has 2 aliphatic heterocycles. The zero-order valence-electron chi connectivity index (χ0n) is 14.0. The predicted molar refractivity (Wildman–Crippen MR) is 84.1 cm³/mol. The molecule has 1 N–H and O–H groups in total. The van der Waals surface area contributed by atoms with Crippen LogP contribution in [0.3, 0.4) is 0 Å². The Morgan fingerprint density at radius 2 is 1.81 bits per heavy atom. The predicted octanol–water partition coefficient (Wildman–Crippen LogP) is 0.210. The molecule has 0 aliphatic carbocycles. The number of nitrogens with zero attached hydrogens (tertiary/aromatic N) is 3. The van der Waals surface area contributed by atoms with Gasteiger partial charge in [-0.2, -0.15) is 0 Å². The summed E-state index contributed by atoms with van der Waals surface area (Å²) < 4.78 is 11.1. The van der Waals surface area contributed by atoms with E-state index in [2.05, 4.69) is 41.1 Å². The van der Waals surface area contributed by atoms with E-state index in [1.807, 2.05) is 7.05 Å². The van der Waals surface area contributed by atoms with Gasteiger partial charge in [0.25, 0.3) is 0 Å². The molecular weight excluding hydrogens is 268 g/mol. The van der Waals surface area contributed by atoms with Gasteiger partial charge in [-0.1, -0.05) is 0 Å². The second-order valence-corrected chi connectivity index (χ2v) is 6.23. The average Bonchev–Trinajstić information content (AvgIpc) is 2.50. The molecule has 0 aromatic rings. The van der Waals surface area contributed by atoms with E-state index in [-0.39, 0.29) is 0 Å². The molecule has 1 unspecified atom stereocenters. The van der Waals surface area contributed by atoms with Gasteiger partial charge in [0.05, 0.1) is 32.6 Å². The monoisotopic (exact) mass is 300 g/mol. The van der Waals surface area contributed by atoms with E-state index < -0.39 is 0 Å². The molecule has 0 amide bonds. The summed E-state index contributed by atoms with van der Waals surface area (Å²) >= 11 is 0. The third-order valence-electron chi connectivity index (χ3n) is 4.78. The van der Waals surface area contributed by atoms with Crippen molar-refractivity contribution in [2.75, 3.05) is 60.2 Å². The lowest BCUT2D eigenvalue weighted by Crippen LogP contribution is -2.59. The Labute approximate surface area is 129 Å². The molecule has 0 saturated carbocycles. The smallest absolute Gasteiger partial charge is 0.0770 e. The van der Waals surface area contributed by atoms with Gasteiger partial charge in [0, 0.05) is 38.8 Å². The number of morpholine rings is 2. The molecule has 2 aliphatic rings. The van der Waals surface area contributed by atoms with Crippen LogP contribution in [0.15, 0.2) is 0 Å². The lowest BCUT2D eigenvalue weighted by molar-refractivity contribution is -0.0790. The number of rotatable bonds is 6. The molecule has 2 saturated heterocycles. The van der Waals surface area contributed by atoms with E-state index >= 15 is 0 Å². The molecule has 0 spiro atoms. The van der Waals surface area contributed by atoms with Gasteiger partial charge in [-0.3, -0.25) is 15.2 Å². The maximum Gasteiger partial charge on any atom is 0.0770 e. The number of hydrogen-bond acceptors (Lipinski definition) is 6. The molecule has 3 atom stereocenters. The fraction of sp³-hybridized carbons (Fsp3) is 1.00. The van der Waals surface area contributed by atoms with Crippen LogP contribution in [-0.2, 0) is 9.47 Å². The number of ether oxygens (including phenoxy) is 2. The Bertz CT molecular complexity index is 305. The van der Waals surface area contributed by atoms with Crippen molar-refractivity contribution in [2.45, 2.75) is 38.5 Å². The highest BCUT2D eigenvalue weighted by atomic mass is 16.5. The van der Waals surface area contributed by atoms with E-state index in [0.717, 1.165) is 52.5 Å². The Morgan fingerprint density at radius 3 is 2.43 bits per heavy atom. The SMILES string of the molecule is CNN(C)C(CCN1CCOC[C@@H]1C)N1CCOC[C@@H]1C.